The summed E-state index contributed by atoms with van der Waals surface area (Å²) in [5, 5.41) is 2.68. The van der Waals surface area contributed by atoms with Crippen LogP contribution in [0.15, 0.2) is 58.7 Å². The molecule has 2 aromatic carbocycles. The summed E-state index contributed by atoms with van der Waals surface area (Å²) in [4.78, 5) is 26.2. The number of H-pyrrole nitrogens is 1. The lowest BCUT2D eigenvalue weighted by Gasteiger charge is -2.08. The van der Waals surface area contributed by atoms with E-state index in [4.69, 9.17) is 9.97 Å². The monoisotopic (exact) mass is 400 g/mol. The number of rotatable bonds is 4. The summed E-state index contributed by atoms with van der Waals surface area (Å²) >= 11 is 1.51. The molecule has 0 amide bonds. The van der Waals surface area contributed by atoms with Gasteiger partial charge in [0, 0.05) is 17.4 Å². The fraction of sp³-hybridized carbons (Fsp3) is 0.174. The maximum Gasteiger partial charge on any atom is 0.260 e. The van der Waals surface area contributed by atoms with Crippen molar-refractivity contribution in [3.63, 3.8) is 0 Å². The van der Waals surface area contributed by atoms with Gasteiger partial charge in [-0.05, 0) is 24.6 Å². The highest BCUT2D eigenvalue weighted by Crippen LogP contribution is 2.31. The zero-order chi connectivity index (χ0) is 20.0. The third-order valence-corrected chi connectivity index (χ3v) is 6.09. The van der Waals surface area contributed by atoms with E-state index >= 15 is 0 Å². The fourth-order valence-electron chi connectivity index (χ4n) is 3.74. The number of aromatic amines is 1. The molecule has 0 aliphatic heterocycles. The van der Waals surface area contributed by atoms with Gasteiger partial charge in [0.1, 0.15) is 16.5 Å². The number of nitrogens with one attached hydrogen (secondary N) is 1. The Bertz CT molecular complexity index is 1390. The van der Waals surface area contributed by atoms with Crippen molar-refractivity contribution in [3.05, 3.63) is 81.5 Å². The van der Waals surface area contributed by atoms with Crippen molar-refractivity contribution in [2.75, 3.05) is 0 Å². The first-order chi connectivity index (χ1) is 14.1. The number of hydrogen-bond acceptors (Lipinski definition) is 4. The molecule has 0 saturated carbocycles. The largest absolute Gasteiger partial charge is 0.320 e. The predicted molar refractivity (Wildman–Crippen MR) is 119 cm³/mol. The highest BCUT2D eigenvalue weighted by molar-refractivity contribution is 7.17. The number of benzene rings is 2. The van der Waals surface area contributed by atoms with Crippen LogP contribution < -0.4 is 5.56 Å². The first kappa shape index (κ1) is 17.8. The molecule has 0 spiro atoms. The Morgan fingerprint density at radius 1 is 1.07 bits per heavy atom. The quantitative estimate of drug-likeness (QED) is 0.466. The lowest BCUT2D eigenvalue weighted by atomic mass is 10.1. The second-order valence-corrected chi connectivity index (χ2v) is 8.02. The summed E-state index contributed by atoms with van der Waals surface area (Å²) < 4.78 is 2.13. The summed E-state index contributed by atoms with van der Waals surface area (Å²) in [5.74, 6) is 1.64. The molecule has 0 atom stereocenters. The van der Waals surface area contributed by atoms with E-state index < -0.39 is 0 Å². The molecule has 0 fully saturated rings. The SMILES string of the molecule is CCc1nc2ccccc2n1Cc1nc2scc(-c3ccc(C)cc3)c2c(=O)[nH]1. The molecule has 1 N–H and O–H groups in total. The van der Waals surface area contributed by atoms with Crippen molar-refractivity contribution in [3.8, 4) is 11.1 Å². The van der Waals surface area contributed by atoms with E-state index in [0.717, 1.165) is 39.2 Å². The highest BCUT2D eigenvalue weighted by Gasteiger charge is 2.15. The Hall–Kier alpha value is -3.25. The summed E-state index contributed by atoms with van der Waals surface area (Å²) in [7, 11) is 0. The topological polar surface area (TPSA) is 63.6 Å². The van der Waals surface area contributed by atoms with Gasteiger partial charge in [0.2, 0.25) is 0 Å². The van der Waals surface area contributed by atoms with Gasteiger partial charge in [-0.2, -0.15) is 0 Å². The molecular formula is C23H20N4OS. The van der Waals surface area contributed by atoms with Crippen molar-refractivity contribution in [2.45, 2.75) is 26.8 Å². The van der Waals surface area contributed by atoms with Gasteiger partial charge in [-0.3, -0.25) is 4.79 Å². The van der Waals surface area contributed by atoms with Crippen LogP contribution in [0.1, 0.15) is 24.1 Å². The minimum atomic E-state index is -0.0932. The maximum absolute atomic E-state index is 13.0. The number of thiophene rings is 1. The first-order valence-corrected chi connectivity index (χ1v) is 10.5. The predicted octanol–water partition coefficient (Wildman–Crippen LogP) is 4.92. The van der Waals surface area contributed by atoms with E-state index in [9.17, 15) is 4.79 Å². The second-order valence-electron chi connectivity index (χ2n) is 7.16. The van der Waals surface area contributed by atoms with Crippen molar-refractivity contribution in [2.24, 2.45) is 0 Å². The molecule has 144 valence electrons. The van der Waals surface area contributed by atoms with E-state index in [1.165, 1.54) is 16.9 Å². The lowest BCUT2D eigenvalue weighted by Crippen LogP contribution is -2.15. The molecule has 3 heterocycles. The van der Waals surface area contributed by atoms with Crippen LogP contribution in [0.2, 0.25) is 0 Å². The van der Waals surface area contributed by atoms with E-state index in [1.54, 1.807) is 0 Å². The molecule has 0 unspecified atom stereocenters. The average Bonchev–Trinajstić information content (AvgIpc) is 3.31. The van der Waals surface area contributed by atoms with E-state index in [1.807, 2.05) is 23.6 Å². The molecule has 0 radical (unpaired) electrons. The molecule has 0 aliphatic carbocycles. The summed E-state index contributed by atoms with van der Waals surface area (Å²) in [6.45, 7) is 4.64. The van der Waals surface area contributed by atoms with Gasteiger partial charge >= 0.3 is 0 Å². The minimum absolute atomic E-state index is 0.0932. The number of aromatic nitrogens is 4. The van der Waals surface area contributed by atoms with E-state index in [2.05, 4.69) is 53.7 Å². The number of nitrogens with zero attached hydrogens (tertiary/aromatic N) is 3. The van der Waals surface area contributed by atoms with Crippen molar-refractivity contribution in [1.29, 1.82) is 0 Å². The molecule has 5 aromatic rings. The standard InChI is InChI=1S/C23H20N4OS/c1-3-20-24-17-6-4-5-7-18(17)27(20)12-19-25-22(28)21-16(13-29-23(21)26-19)15-10-8-14(2)9-11-15/h4-11,13H,3,12H2,1-2H3,(H,25,26,28). The van der Waals surface area contributed by atoms with Crippen LogP contribution in [-0.4, -0.2) is 19.5 Å². The molecule has 3 aromatic heterocycles. The Balaban J connectivity index is 1.60. The van der Waals surface area contributed by atoms with Crippen LogP contribution in [0, 0.1) is 6.92 Å². The van der Waals surface area contributed by atoms with Crippen molar-refractivity contribution in [1.82, 2.24) is 19.5 Å². The van der Waals surface area contributed by atoms with Crippen molar-refractivity contribution < 1.29 is 0 Å². The van der Waals surface area contributed by atoms with Crippen LogP contribution in [0.3, 0.4) is 0 Å². The third-order valence-electron chi connectivity index (χ3n) is 5.21. The van der Waals surface area contributed by atoms with Crippen LogP contribution in [0.5, 0.6) is 0 Å². The van der Waals surface area contributed by atoms with E-state index in [-0.39, 0.29) is 5.56 Å². The smallest absolute Gasteiger partial charge is 0.260 e. The minimum Gasteiger partial charge on any atom is -0.320 e. The number of fused-ring (bicyclic) bond motifs is 2. The van der Waals surface area contributed by atoms with E-state index in [0.29, 0.717) is 17.8 Å². The van der Waals surface area contributed by atoms with Gasteiger partial charge in [-0.25, -0.2) is 9.97 Å². The molecular weight excluding hydrogens is 380 g/mol. The lowest BCUT2D eigenvalue weighted by molar-refractivity contribution is 0.716. The van der Waals surface area contributed by atoms with Gasteiger partial charge in [-0.15, -0.1) is 11.3 Å². The van der Waals surface area contributed by atoms with Crippen molar-refractivity contribution >= 4 is 32.6 Å². The summed E-state index contributed by atoms with van der Waals surface area (Å²) in [6, 6.07) is 16.3. The Labute approximate surface area is 171 Å². The summed E-state index contributed by atoms with van der Waals surface area (Å²) in [5.41, 5.74) is 5.10. The molecule has 0 aliphatic rings. The normalized spacial score (nSPS) is 11.5. The number of imidazole rings is 1. The van der Waals surface area contributed by atoms with Gasteiger partial charge in [0.15, 0.2) is 0 Å². The highest BCUT2D eigenvalue weighted by atomic mass is 32.1. The van der Waals surface area contributed by atoms with Gasteiger partial charge in [0.05, 0.1) is 23.0 Å². The maximum atomic E-state index is 13.0. The molecule has 29 heavy (non-hydrogen) atoms. The molecule has 0 bridgehead atoms. The van der Waals surface area contributed by atoms with Gasteiger partial charge < -0.3 is 9.55 Å². The van der Waals surface area contributed by atoms with Gasteiger partial charge in [0.25, 0.3) is 5.56 Å². The van der Waals surface area contributed by atoms with Crippen LogP contribution in [-0.2, 0) is 13.0 Å². The van der Waals surface area contributed by atoms with Crippen LogP contribution in [0.25, 0.3) is 32.4 Å². The fourth-order valence-corrected chi connectivity index (χ4v) is 4.70. The van der Waals surface area contributed by atoms with Crippen LogP contribution in [0.4, 0.5) is 0 Å². The zero-order valence-electron chi connectivity index (χ0n) is 16.3. The molecule has 0 saturated heterocycles. The summed E-state index contributed by atoms with van der Waals surface area (Å²) in [6.07, 6.45) is 0.817. The van der Waals surface area contributed by atoms with Crippen LogP contribution >= 0.6 is 11.3 Å². The zero-order valence-corrected chi connectivity index (χ0v) is 17.1. The Morgan fingerprint density at radius 3 is 2.66 bits per heavy atom. The number of hydrogen-bond donors (Lipinski definition) is 1. The average molecular weight is 401 g/mol. The molecule has 6 heteroatoms. The molecule has 5 rings (SSSR count). The first-order valence-electron chi connectivity index (χ1n) is 9.65. The molecule has 5 nitrogen and oxygen atoms in total. The Kier molecular flexibility index (Phi) is 4.28. The number of aryl methyl sites for hydroxylation is 2. The Morgan fingerprint density at radius 2 is 1.86 bits per heavy atom. The number of para-hydroxylation sites is 2. The second kappa shape index (κ2) is 6.97. The van der Waals surface area contributed by atoms with Gasteiger partial charge in [-0.1, -0.05) is 48.9 Å². The third kappa shape index (κ3) is 3.06.